The van der Waals surface area contributed by atoms with Crippen LogP contribution in [0.2, 0.25) is 0 Å². The van der Waals surface area contributed by atoms with E-state index in [0.29, 0.717) is 0 Å². The zero-order chi connectivity index (χ0) is 14.4. The van der Waals surface area contributed by atoms with E-state index < -0.39 is 18.3 Å². The van der Waals surface area contributed by atoms with Gasteiger partial charge in [-0.15, -0.1) is 0 Å². The molecular weight excluding hydrogens is 260 g/mol. The number of methoxy groups -OCH3 is 1. The van der Waals surface area contributed by atoms with Crippen molar-refractivity contribution in [3.8, 4) is 17.6 Å². The Kier molecular flexibility index (Phi) is 5.06. The highest BCUT2D eigenvalue weighted by Gasteiger charge is 2.23. The molecule has 0 spiro atoms. The van der Waals surface area contributed by atoms with Gasteiger partial charge in [-0.05, 0) is 19.1 Å². The van der Waals surface area contributed by atoms with Gasteiger partial charge in [0.15, 0.2) is 0 Å². The molecule has 1 aromatic rings. The van der Waals surface area contributed by atoms with Crippen molar-refractivity contribution in [2.45, 2.75) is 13.5 Å². The van der Waals surface area contributed by atoms with Crippen LogP contribution in [0.5, 0.6) is 11.5 Å². The molecule has 0 unspecified atom stereocenters. The van der Waals surface area contributed by atoms with Gasteiger partial charge in [0.2, 0.25) is 0 Å². The summed E-state index contributed by atoms with van der Waals surface area (Å²) < 4.78 is 38.5. The lowest BCUT2D eigenvalue weighted by Gasteiger charge is -2.13. The predicted octanol–water partition coefficient (Wildman–Crippen LogP) is 2.34. The second kappa shape index (κ2) is 6.54. The quantitative estimate of drug-likeness (QED) is 0.769. The Balaban J connectivity index is 3.37. The normalized spacial score (nSPS) is 9.89. The van der Waals surface area contributed by atoms with E-state index in [1.54, 1.807) is 13.0 Å². The maximum atomic E-state index is 12.3. The summed E-state index contributed by atoms with van der Waals surface area (Å²) >= 11 is 0. The van der Waals surface area contributed by atoms with Crippen molar-refractivity contribution in [3.05, 3.63) is 23.3 Å². The van der Waals surface area contributed by atoms with Crippen LogP contribution in [0.4, 0.5) is 8.78 Å². The summed E-state index contributed by atoms with van der Waals surface area (Å²) in [5.74, 6) is -1.38. The summed E-state index contributed by atoms with van der Waals surface area (Å²) in [5, 5.41) is 8.78. The van der Waals surface area contributed by atoms with E-state index >= 15 is 0 Å². The van der Waals surface area contributed by atoms with Crippen molar-refractivity contribution in [2.75, 3.05) is 13.7 Å². The lowest BCUT2D eigenvalue weighted by Crippen LogP contribution is -2.12. The molecule has 0 radical (unpaired) electrons. The highest BCUT2D eigenvalue weighted by Crippen LogP contribution is 2.32. The number of rotatable bonds is 5. The molecule has 102 valence electrons. The van der Waals surface area contributed by atoms with E-state index in [0.717, 1.165) is 6.07 Å². The summed E-state index contributed by atoms with van der Waals surface area (Å²) in [6.45, 7) is -1.50. The van der Waals surface area contributed by atoms with Crippen molar-refractivity contribution < 1.29 is 27.8 Å². The van der Waals surface area contributed by atoms with Gasteiger partial charge in [0.25, 0.3) is 0 Å². The molecule has 5 nitrogen and oxygen atoms in total. The van der Waals surface area contributed by atoms with E-state index in [9.17, 15) is 13.6 Å². The molecule has 0 aliphatic rings. The highest BCUT2D eigenvalue weighted by atomic mass is 19.3. The Labute approximate surface area is 108 Å². The summed E-state index contributed by atoms with van der Waals surface area (Å²) in [7, 11) is 1.24. The van der Waals surface area contributed by atoms with Crippen LogP contribution in [0.25, 0.3) is 0 Å². The minimum atomic E-state index is -3.13. The molecule has 0 atom stereocenters. The average molecular weight is 271 g/mol. The maximum absolute atomic E-state index is 12.3. The Hall–Kier alpha value is -2.36. The Bertz CT molecular complexity index is 511. The first-order valence-corrected chi connectivity index (χ1v) is 5.27. The predicted molar refractivity (Wildman–Crippen MR) is 60.3 cm³/mol. The van der Waals surface area contributed by atoms with E-state index in [2.05, 4.69) is 4.74 Å². The monoisotopic (exact) mass is 271 g/mol. The molecule has 0 aliphatic carbocycles. The summed E-state index contributed by atoms with van der Waals surface area (Å²) in [6.07, 6.45) is 0. The number of nitrogens with zero attached hydrogens (tertiary/aromatic N) is 1. The fourth-order valence-electron chi connectivity index (χ4n) is 1.41. The molecule has 0 N–H and O–H groups in total. The van der Waals surface area contributed by atoms with Crippen LogP contribution in [-0.4, -0.2) is 26.3 Å². The van der Waals surface area contributed by atoms with Crippen LogP contribution in [0.3, 0.4) is 0 Å². The summed E-state index contributed by atoms with van der Waals surface area (Å²) in [4.78, 5) is 11.7. The fourth-order valence-corrected chi connectivity index (χ4v) is 1.41. The third kappa shape index (κ3) is 3.55. The van der Waals surface area contributed by atoms with E-state index in [1.165, 1.54) is 13.2 Å². The van der Waals surface area contributed by atoms with E-state index in [-0.39, 0.29) is 23.5 Å². The fraction of sp³-hybridized carbons (Fsp3) is 0.333. The first-order chi connectivity index (χ1) is 9.03. The molecule has 0 bridgehead atoms. The standard InChI is InChI=1S/C12H11F2NO4/c1-3-18-11(16)10-8(17-2)4-7(6-15)5-9(10)19-12(13)14/h4-5,12H,3H2,1-2H3. The average Bonchev–Trinajstić information content (AvgIpc) is 2.37. The van der Waals surface area contributed by atoms with Gasteiger partial charge in [-0.25, -0.2) is 4.79 Å². The number of halogens is 2. The van der Waals surface area contributed by atoms with Crippen molar-refractivity contribution in [1.29, 1.82) is 5.26 Å². The van der Waals surface area contributed by atoms with Gasteiger partial charge in [0, 0.05) is 0 Å². The molecular formula is C12H11F2NO4. The number of benzene rings is 1. The number of alkyl halides is 2. The van der Waals surface area contributed by atoms with Crippen molar-refractivity contribution >= 4 is 5.97 Å². The number of esters is 1. The lowest BCUT2D eigenvalue weighted by molar-refractivity contribution is -0.0505. The molecule has 1 rings (SSSR count). The van der Waals surface area contributed by atoms with Crippen molar-refractivity contribution in [2.24, 2.45) is 0 Å². The topological polar surface area (TPSA) is 68.5 Å². The largest absolute Gasteiger partial charge is 0.496 e. The second-order valence-corrected chi connectivity index (χ2v) is 3.26. The van der Waals surface area contributed by atoms with Crippen molar-refractivity contribution in [1.82, 2.24) is 0 Å². The SMILES string of the molecule is CCOC(=O)c1c(OC)cc(C#N)cc1OC(F)F. The van der Waals surface area contributed by atoms with Crippen LogP contribution in [0.1, 0.15) is 22.8 Å². The minimum Gasteiger partial charge on any atom is -0.496 e. The molecule has 0 heterocycles. The van der Waals surface area contributed by atoms with Crippen LogP contribution >= 0.6 is 0 Å². The minimum absolute atomic E-state index is 0.0283. The molecule has 0 aromatic heterocycles. The van der Waals surface area contributed by atoms with Crippen LogP contribution in [0, 0.1) is 11.3 Å². The van der Waals surface area contributed by atoms with Crippen LogP contribution < -0.4 is 9.47 Å². The zero-order valence-electron chi connectivity index (χ0n) is 10.3. The van der Waals surface area contributed by atoms with Crippen molar-refractivity contribution in [3.63, 3.8) is 0 Å². The smallest absolute Gasteiger partial charge is 0.387 e. The van der Waals surface area contributed by atoms with Gasteiger partial charge in [0.05, 0.1) is 25.3 Å². The molecule has 0 aliphatic heterocycles. The van der Waals surface area contributed by atoms with Crippen LogP contribution in [0.15, 0.2) is 12.1 Å². The molecule has 0 saturated carbocycles. The van der Waals surface area contributed by atoms with E-state index in [4.69, 9.17) is 14.7 Å². The molecule has 0 amide bonds. The number of nitriles is 1. The maximum Gasteiger partial charge on any atom is 0.387 e. The third-order valence-corrected chi connectivity index (χ3v) is 2.11. The van der Waals surface area contributed by atoms with Crippen LogP contribution in [-0.2, 0) is 4.74 Å². The molecule has 19 heavy (non-hydrogen) atoms. The Morgan fingerprint density at radius 3 is 2.53 bits per heavy atom. The second-order valence-electron chi connectivity index (χ2n) is 3.26. The number of carbonyl (C=O) groups excluding carboxylic acids is 1. The number of hydrogen-bond acceptors (Lipinski definition) is 5. The molecule has 7 heteroatoms. The highest BCUT2D eigenvalue weighted by molar-refractivity contribution is 5.96. The zero-order valence-corrected chi connectivity index (χ0v) is 10.3. The third-order valence-electron chi connectivity index (χ3n) is 2.11. The van der Waals surface area contributed by atoms with Gasteiger partial charge >= 0.3 is 12.6 Å². The lowest BCUT2D eigenvalue weighted by atomic mass is 10.1. The number of carbonyl (C=O) groups is 1. The van der Waals surface area contributed by atoms with Gasteiger partial charge < -0.3 is 14.2 Å². The molecule has 1 aromatic carbocycles. The molecule has 0 fully saturated rings. The molecule has 0 saturated heterocycles. The number of ether oxygens (including phenoxy) is 3. The summed E-state index contributed by atoms with van der Waals surface area (Å²) in [6, 6.07) is 4.03. The Morgan fingerprint density at radius 2 is 2.05 bits per heavy atom. The summed E-state index contributed by atoms with van der Waals surface area (Å²) in [5.41, 5.74) is -0.246. The first-order valence-electron chi connectivity index (χ1n) is 5.27. The van der Waals surface area contributed by atoms with E-state index in [1.807, 2.05) is 0 Å². The van der Waals surface area contributed by atoms with Gasteiger partial charge in [-0.2, -0.15) is 14.0 Å². The Morgan fingerprint density at radius 1 is 1.42 bits per heavy atom. The van der Waals surface area contributed by atoms with Gasteiger partial charge in [0.1, 0.15) is 17.1 Å². The van der Waals surface area contributed by atoms with Gasteiger partial charge in [-0.3, -0.25) is 0 Å². The first kappa shape index (κ1) is 14.7. The van der Waals surface area contributed by atoms with Gasteiger partial charge in [-0.1, -0.05) is 0 Å². The number of hydrogen-bond donors (Lipinski definition) is 0.